The molecule has 2 unspecified atom stereocenters. The lowest BCUT2D eigenvalue weighted by atomic mass is 10.1. The number of rotatable bonds is 13. The Hall–Kier alpha value is -1.63. The van der Waals surface area contributed by atoms with E-state index in [0.717, 1.165) is 32.1 Å². The molecule has 1 aromatic carbocycles. The van der Waals surface area contributed by atoms with Gasteiger partial charge in [-0.05, 0) is 31.5 Å². The predicted molar refractivity (Wildman–Crippen MR) is 118 cm³/mol. The minimum Gasteiger partial charge on any atom is -0.389 e. The molecule has 6 heteroatoms. The highest BCUT2D eigenvalue weighted by atomic mass is 16.5. The lowest BCUT2D eigenvalue weighted by molar-refractivity contribution is 0.0301. The molecule has 0 spiro atoms. The number of nitrogens with one attached hydrogen (secondary N) is 2. The standard InChI is InChI=1S/C22H40N4O2/c1-6-23-22(24-14-20(27)17-28-16-18(4)5)25-15-21(26(7-2)8-3)19-12-10-9-11-13-19/h9-13,18,20-21,27H,6-8,14-17H2,1-5H3,(H2,23,24,25). The molecule has 0 aromatic heterocycles. The van der Waals surface area contributed by atoms with Crippen molar-refractivity contribution in [2.24, 2.45) is 10.9 Å². The van der Waals surface area contributed by atoms with E-state index in [4.69, 9.17) is 4.74 Å². The molecule has 0 bridgehead atoms. The quantitative estimate of drug-likeness (QED) is 0.356. The number of hydrogen-bond acceptors (Lipinski definition) is 4. The average molecular weight is 393 g/mol. The van der Waals surface area contributed by atoms with Crippen molar-refractivity contribution in [3.63, 3.8) is 0 Å². The van der Waals surface area contributed by atoms with Gasteiger partial charge in [0.05, 0.1) is 25.3 Å². The van der Waals surface area contributed by atoms with Crippen molar-refractivity contribution in [3.8, 4) is 0 Å². The second-order valence-electron chi connectivity index (χ2n) is 7.33. The number of aliphatic hydroxyl groups is 1. The SMILES string of the molecule is CCNC(=NCC(O)COCC(C)C)NCC(c1ccccc1)N(CC)CC. The summed E-state index contributed by atoms with van der Waals surface area (Å²) in [5.74, 6) is 1.18. The fourth-order valence-electron chi connectivity index (χ4n) is 3.02. The maximum atomic E-state index is 10.1. The largest absolute Gasteiger partial charge is 0.389 e. The van der Waals surface area contributed by atoms with E-state index in [1.54, 1.807) is 0 Å². The number of nitrogens with zero attached hydrogens (tertiary/aromatic N) is 2. The van der Waals surface area contributed by atoms with Gasteiger partial charge in [-0.25, -0.2) is 0 Å². The molecule has 0 radical (unpaired) electrons. The Bertz CT molecular complexity index is 533. The Labute approximate surface area is 171 Å². The van der Waals surface area contributed by atoms with E-state index < -0.39 is 6.10 Å². The average Bonchev–Trinajstić information content (AvgIpc) is 2.69. The van der Waals surface area contributed by atoms with Gasteiger partial charge in [0.2, 0.25) is 0 Å². The normalized spacial score (nSPS) is 14.4. The van der Waals surface area contributed by atoms with E-state index in [9.17, 15) is 5.11 Å². The maximum Gasteiger partial charge on any atom is 0.191 e. The first-order valence-electron chi connectivity index (χ1n) is 10.6. The van der Waals surface area contributed by atoms with E-state index in [0.29, 0.717) is 25.7 Å². The van der Waals surface area contributed by atoms with Gasteiger partial charge in [0.15, 0.2) is 5.96 Å². The van der Waals surface area contributed by atoms with E-state index in [1.807, 2.05) is 13.0 Å². The Morgan fingerprint density at radius 1 is 1.07 bits per heavy atom. The maximum absolute atomic E-state index is 10.1. The first-order chi connectivity index (χ1) is 13.5. The summed E-state index contributed by atoms with van der Waals surface area (Å²) in [6.45, 7) is 15.4. The first-order valence-corrected chi connectivity index (χ1v) is 10.6. The summed E-state index contributed by atoms with van der Waals surface area (Å²) in [5, 5.41) is 16.8. The van der Waals surface area contributed by atoms with Gasteiger partial charge < -0.3 is 20.5 Å². The summed E-state index contributed by atoms with van der Waals surface area (Å²) >= 11 is 0. The van der Waals surface area contributed by atoms with Crippen molar-refractivity contribution in [1.29, 1.82) is 0 Å². The Morgan fingerprint density at radius 3 is 2.32 bits per heavy atom. The van der Waals surface area contributed by atoms with Gasteiger partial charge in [0.25, 0.3) is 0 Å². The van der Waals surface area contributed by atoms with Crippen LogP contribution in [-0.4, -0.2) is 68.0 Å². The van der Waals surface area contributed by atoms with Gasteiger partial charge in [0.1, 0.15) is 0 Å². The fourth-order valence-corrected chi connectivity index (χ4v) is 3.02. The van der Waals surface area contributed by atoms with Crippen LogP contribution in [0.2, 0.25) is 0 Å². The molecule has 1 aromatic rings. The third kappa shape index (κ3) is 9.53. The van der Waals surface area contributed by atoms with Crippen LogP contribution < -0.4 is 10.6 Å². The van der Waals surface area contributed by atoms with Gasteiger partial charge in [-0.1, -0.05) is 58.0 Å². The minimum absolute atomic E-state index is 0.263. The summed E-state index contributed by atoms with van der Waals surface area (Å²) in [5.41, 5.74) is 1.29. The molecule has 0 aliphatic rings. The summed E-state index contributed by atoms with van der Waals surface area (Å²) < 4.78 is 5.50. The number of hydrogen-bond donors (Lipinski definition) is 3. The van der Waals surface area contributed by atoms with Crippen LogP contribution in [0.4, 0.5) is 0 Å². The number of ether oxygens (including phenoxy) is 1. The molecule has 3 N–H and O–H groups in total. The van der Waals surface area contributed by atoms with Crippen LogP contribution in [0.5, 0.6) is 0 Å². The lowest BCUT2D eigenvalue weighted by Crippen LogP contribution is -2.43. The topological polar surface area (TPSA) is 69.1 Å². The Kier molecular flexibility index (Phi) is 12.5. The zero-order valence-electron chi connectivity index (χ0n) is 18.3. The molecule has 28 heavy (non-hydrogen) atoms. The van der Waals surface area contributed by atoms with Gasteiger partial charge in [-0.2, -0.15) is 0 Å². The molecule has 0 saturated heterocycles. The van der Waals surface area contributed by atoms with Crippen molar-refractivity contribution in [3.05, 3.63) is 35.9 Å². The van der Waals surface area contributed by atoms with Gasteiger partial charge >= 0.3 is 0 Å². The monoisotopic (exact) mass is 392 g/mol. The van der Waals surface area contributed by atoms with E-state index >= 15 is 0 Å². The van der Waals surface area contributed by atoms with Gasteiger partial charge in [-0.3, -0.25) is 9.89 Å². The highest BCUT2D eigenvalue weighted by Gasteiger charge is 2.18. The highest BCUT2D eigenvalue weighted by molar-refractivity contribution is 5.79. The molecule has 0 heterocycles. The van der Waals surface area contributed by atoms with Gasteiger partial charge in [-0.15, -0.1) is 0 Å². The van der Waals surface area contributed by atoms with Crippen molar-refractivity contribution in [2.45, 2.75) is 46.8 Å². The third-order valence-electron chi connectivity index (χ3n) is 4.47. The predicted octanol–water partition coefficient (Wildman–Crippen LogP) is 2.66. The molecule has 0 aliphatic heterocycles. The lowest BCUT2D eigenvalue weighted by Gasteiger charge is -2.31. The van der Waals surface area contributed by atoms with Crippen LogP contribution >= 0.6 is 0 Å². The Balaban J connectivity index is 2.69. The zero-order valence-corrected chi connectivity index (χ0v) is 18.3. The van der Waals surface area contributed by atoms with Crippen molar-refractivity contribution < 1.29 is 9.84 Å². The molecule has 6 nitrogen and oxygen atoms in total. The van der Waals surface area contributed by atoms with E-state index in [-0.39, 0.29) is 6.04 Å². The molecule has 1 rings (SSSR count). The van der Waals surface area contributed by atoms with E-state index in [2.05, 4.69) is 72.5 Å². The van der Waals surface area contributed by atoms with Crippen molar-refractivity contribution in [1.82, 2.24) is 15.5 Å². The van der Waals surface area contributed by atoms with Crippen molar-refractivity contribution in [2.75, 3.05) is 45.9 Å². The molecule has 0 aliphatic carbocycles. The summed E-state index contributed by atoms with van der Waals surface area (Å²) in [6, 6.07) is 10.8. The molecular formula is C22H40N4O2. The number of likely N-dealkylation sites (N-methyl/N-ethyl adjacent to an activating group) is 1. The second-order valence-corrected chi connectivity index (χ2v) is 7.33. The summed E-state index contributed by atoms with van der Waals surface area (Å²) in [7, 11) is 0. The molecule has 2 atom stereocenters. The smallest absolute Gasteiger partial charge is 0.191 e. The Morgan fingerprint density at radius 2 is 1.75 bits per heavy atom. The van der Waals surface area contributed by atoms with Crippen LogP contribution in [0.15, 0.2) is 35.3 Å². The van der Waals surface area contributed by atoms with Crippen LogP contribution in [-0.2, 0) is 4.74 Å². The van der Waals surface area contributed by atoms with E-state index in [1.165, 1.54) is 5.56 Å². The molecule has 160 valence electrons. The number of guanidine groups is 1. The first kappa shape index (κ1) is 24.4. The zero-order chi connectivity index (χ0) is 20.8. The number of aliphatic hydroxyl groups excluding tert-OH is 1. The molecule has 0 fully saturated rings. The fraction of sp³-hybridized carbons (Fsp3) is 0.682. The number of benzene rings is 1. The van der Waals surface area contributed by atoms with Crippen molar-refractivity contribution >= 4 is 5.96 Å². The highest BCUT2D eigenvalue weighted by Crippen LogP contribution is 2.19. The van der Waals surface area contributed by atoms with Crippen LogP contribution in [0, 0.1) is 5.92 Å². The van der Waals surface area contributed by atoms with Gasteiger partial charge in [0, 0.05) is 19.7 Å². The second kappa shape index (κ2) is 14.4. The summed E-state index contributed by atoms with van der Waals surface area (Å²) in [4.78, 5) is 6.96. The van der Waals surface area contributed by atoms with Crippen LogP contribution in [0.25, 0.3) is 0 Å². The third-order valence-corrected chi connectivity index (χ3v) is 4.47. The van der Waals surface area contributed by atoms with Crippen LogP contribution in [0.1, 0.15) is 46.2 Å². The minimum atomic E-state index is -0.595. The molecule has 0 saturated carbocycles. The summed E-state index contributed by atoms with van der Waals surface area (Å²) in [6.07, 6.45) is -0.595. The molecule has 0 amide bonds. The van der Waals surface area contributed by atoms with Crippen LogP contribution in [0.3, 0.4) is 0 Å². The number of aliphatic imine (C=N–C) groups is 1. The molecular weight excluding hydrogens is 352 g/mol.